The van der Waals surface area contributed by atoms with E-state index in [2.05, 4.69) is 31.5 Å². The minimum Gasteiger partial charge on any atom is -0.380 e. The van der Waals surface area contributed by atoms with Gasteiger partial charge >= 0.3 is 0 Å². The molecule has 0 aliphatic carbocycles. The second kappa shape index (κ2) is 3.33. The first-order chi connectivity index (χ1) is 6.29. The van der Waals surface area contributed by atoms with Crippen LogP contribution in [0.5, 0.6) is 0 Å². The summed E-state index contributed by atoms with van der Waals surface area (Å²) in [6, 6.07) is 1.75. The van der Waals surface area contributed by atoms with Crippen molar-refractivity contribution in [2.24, 2.45) is 0 Å². The van der Waals surface area contributed by atoms with E-state index >= 15 is 0 Å². The molecule has 0 bridgehead atoms. The van der Waals surface area contributed by atoms with Crippen LogP contribution in [0.3, 0.4) is 0 Å². The molecule has 1 atom stereocenters. The van der Waals surface area contributed by atoms with Gasteiger partial charge in [-0.1, -0.05) is 0 Å². The monoisotopic (exact) mass is 241 g/mol. The van der Waals surface area contributed by atoms with Gasteiger partial charge in [0.1, 0.15) is 18.1 Å². The molecule has 0 fully saturated rings. The van der Waals surface area contributed by atoms with E-state index in [1.54, 1.807) is 6.20 Å². The topological polar surface area (TPSA) is 54.0 Å². The Kier molecular flexibility index (Phi) is 2.18. The predicted molar refractivity (Wildman–Crippen MR) is 53.9 cm³/mol. The lowest BCUT2D eigenvalue weighted by molar-refractivity contribution is -0.108. The molecule has 1 aromatic rings. The van der Waals surface area contributed by atoms with E-state index in [9.17, 15) is 4.79 Å². The first kappa shape index (κ1) is 8.50. The Bertz CT molecular complexity index is 342. The fraction of sp³-hybridized carbons (Fsp3) is 0.250. The fourth-order valence-electron chi connectivity index (χ4n) is 1.22. The normalized spacial score (nSPS) is 19.6. The predicted octanol–water partition coefficient (Wildman–Crippen LogP) is 1.25. The summed E-state index contributed by atoms with van der Waals surface area (Å²) in [5.41, 5.74) is 0.924. The summed E-state index contributed by atoms with van der Waals surface area (Å²) >= 11 is 3.32. The molecular formula is C8H8BrN3O. The molecule has 1 aliphatic heterocycles. The van der Waals surface area contributed by atoms with Gasteiger partial charge in [0.15, 0.2) is 0 Å². The van der Waals surface area contributed by atoms with Crippen LogP contribution in [0.1, 0.15) is 0 Å². The van der Waals surface area contributed by atoms with Gasteiger partial charge in [0, 0.05) is 17.2 Å². The summed E-state index contributed by atoms with van der Waals surface area (Å²) in [5.74, 6) is 0.728. The Morgan fingerprint density at radius 3 is 3.31 bits per heavy atom. The lowest BCUT2D eigenvalue weighted by atomic mass is 10.2. The second-order valence-corrected chi connectivity index (χ2v) is 3.73. The van der Waals surface area contributed by atoms with Crippen LogP contribution in [0, 0.1) is 0 Å². The number of hydrogen-bond acceptors (Lipinski definition) is 4. The third-order valence-corrected chi connectivity index (χ3v) is 2.29. The zero-order valence-electron chi connectivity index (χ0n) is 6.75. The first-order valence-electron chi connectivity index (χ1n) is 3.91. The van der Waals surface area contributed by atoms with Crippen LogP contribution in [-0.4, -0.2) is 23.9 Å². The van der Waals surface area contributed by atoms with E-state index in [0.29, 0.717) is 6.54 Å². The molecule has 4 nitrogen and oxygen atoms in total. The molecule has 1 unspecified atom stereocenters. The van der Waals surface area contributed by atoms with Crippen LogP contribution in [-0.2, 0) is 4.79 Å². The summed E-state index contributed by atoms with van der Waals surface area (Å²) in [7, 11) is 0. The van der Waals surface area contributed by atoms with E-state index in [1.807, 2.05) is 6.07 Å². The smallest absolute Gasteiger partial charge is 0.150 e. The zero-order valence-corrected chi connectivity index (χ0v) is 8.34. The fourth-order valence-corrected chi connectivity index (χ4v) is 1.55. The largest absolute Gasteiger partial charge is 0.380 e. The van der Waals surface area contributed by atoms with Crippen molar-refractivity contribution in [3.8, 4) is 0 Å². The highest BCUT2D eigenvalue weighted by molar-refractivity contribution is 9.10. The van der Waals surface area contributed by atoms with Crippen molar-refractivity contribution in [1.82, 2.24) is 4.98 Å². The van der Waals surface area contributed by atoms with Crippen molar-refractivity contribution < 1.29 is 4.79 Å². The average molecular weight is 242 g/mol. The molecular weight excluding hydrogens is 234 g/mol. The van der Waals surface area contributed by atoms with Gasteiger partial charge in [-0.3, -0.25) is 0 Å². The molecule has 5 heteroatoms. The lowest BCUT2D eigenvalue weighted by Crippen LogP contribution is -2.34. The average Bonchev–Trinajstić information content (AvgIpc) is 2.17. The number of pyridine rings is 1. The quantitative estimate of drug-likeness (QED) is 0.727. The highest BCUT2D eigenvalue weighted by Gasteiger charge is 2.16. The molecule has 1 aromatic heterocycles. The first-order valence-corrected chi connectivity index (χ1v) is 4.70. The van der Waals surface area contributed by atoms with E-state index in [0.717, 1.165) is 22.3 Å². The summed E-state index contributed by atoms with van der Waals surface area (Å²) in [6.07, 6.45) is 2.57. The molecule has 2 rings (SSSR count). The molecule has 2 N–H and O–H groups in total. The summed E-state index contributed by atoms with van der Waals surface area (Å²) in [5, 5.41) is 6.13. The van der Waals surface area contributed by atoms with Gasteiger partial charge in [0.05, 0.1) is 5.69 Å². The van der Waals surface area contributed by atoms with Gasteiger partial charge in [-0.2, -0.15) is 0 Å². The van der Waals surface area contributed by atoms with Gasteiger partial charge in [-0.25, -0.2) is 4.98 Å². The summed E-state index contributed by atoms with van der Waals surface area (Å²) < 4.78 is 0.921. The molecule has 2 heterocycles. The number of aldehydes is 1. The SMILES string of the molecule is O=CC1CNc2cc(Br)cnc2N1. The second-order valence-electron chi connectivity index (χ2n) is 2.82. The van der Waals surface area contributed by atoms with Crippen molar-refractivity contribution in [3.05, 3.63) is 16.7 Å². The zero-order chi connectivity index (χ0) is 9.26. The maximum Gasteiger partial charge on any atom is 0.150 e. The summed E-state index contributed by atoms with van der Waals surface area (Å²) in [6.45, 7) is 0.606. The van der Waals surface area contributed by atoms with Crippen LogP contribution in [0.15, 0.2) is 16.7 Å². The molecule has 0 amide bonds. The van der Waals surface area contributed by atoms with Gasteiger partial charge in [-0.05, 0) is 22.0 Å². The molecule has 13 heavy (non-hydrogen) atoms. The van der Waals surface area contributed by atoms with E-state index < -0.39 is 0 Å². The van der Waals surface area contributed by atoms with Crippen molar-refractivity contribution in [3.63, 3.8) is 0 Å². The van der Waals surface area contributed by atoms with Crippen molar-refractivity contribution in [2.45, 2.75) is 6.04 Å². The standard InChI is InChI=1S/C8H8BrN3O/c9-5-1-7-8(11-2-5)12-6(4-13)3-10-7/h1-2,4,6,10H,3H2,(H,11,12). The number of hydrogen-bond donors (Lipinski definition) is 2. The van der Waals surface area contributed by atoms with E-state index in [-0.39, 0.29) is 6.04 Å². The Hall–Kier alpha value is -1.10. The van der Waals surface area contributed by atoms with Gasteiger partial charge in [0.25, 0.3) is 0 Å². The highest BCUT2D eigenvalue weighted by atomic mass is 79.9. The number of rotatable bonds is 1. The molecule has 0 radical (unpaired) electrons. The Balaban J connectivity index is 2.31. The minimum atomic E-state index is -0.179. The van der Waals surface area contributed by atoms with Crippen molar-refractivity contribution in [2.75, 3.05) is 17.2 Å². The molecule has 0 saturated heterocycles. The summed E-state index contributed by atoms with van der Waals surface area (Å²) in [4.78, 5) is 14.6. The Labute approximate surface area is 83.9 Å². The third kappa shape index (κ3) is 1.65. The van der Waals surface area contributed by atoms with Gasteiger partial charge in [-0.15, -0.1) is 0 Å². The van der Waals surface area contributed by atoms with Crippen LogP contribution in [0.4, 0.5) is 11.5 Å². The maximum atomic E-state index is 10.5. The van der Waals surface area contributed by atoms with Crippen LogP contribution < -0.4 is 10.6 Å². The number of carbonyl (C=O) groups excluding carboxylic acids is 1. The van der Waals surface area contributed by atoms with Crippen LogP contribution in [0.2, 0.25) is 0 Å². The molecule has 0 saturated carbocycles. The van der Waals surface area contributed by atoms with E-state index in [4.69, 9.17) is 0 Å². The maximum absolute atomic E-state index is 10.5. The Morgan fingerprint density at radius 2 is 2.54 bits per heavy atom. The van der Waals surface area contributed by atoms with E-state index in [1.165, 1.54) is 0 Å². The minimum absolute atomic E-state index is 0.179. The van der Waals surface area contributed by atoms with Crippen molar-refractivity contribution in [1.29, 1.82) is 0 Å². The molecule has 0 aromatic carbocycles. The lowest BCUT2D eigenvalue weighted by Gasteiger charge is -2.23. The number of anilines is 2. The Morgan fingerprint density at radius 1 is 1.69 bits per heavy atom. The van der Waals surface area contributed by atoms with Crippen LogP contribution in [0.25, 0.3) is 0 Å². The third-order valence-electron chi connectivity index (χ3n) is 1.85. The van der Waals surface area contributed by atoms with Gasteiger partial charge < -0.3 is 15.4 Å². The molecule has 1 aliphatic rings. The molecule has 68 valence electrons. The molecule has 0 spiro atoms. The number of nitrogens with one attached hydrogen (secondary N) is 2. The van der Waals surface area contributed by atoms with Gasteiger partial charge in [0.2, 0.25) is 0 Å². The number of halogens is 1. The number of nitrogens with zero attached hydrogens (tertiary/aromatic N) is 1. The van der Waals surface area contributed by atoms with Crippen molar-refractivity contribution >= 4 is 33.7 Å². The van der Waals surface area contributed by atoms with Crippen LogP contribution >= 0.6 is 15.9 Å². The number of carbonyl (C=O) groups is 1. The number of fused-ring (bicyclic) bond motifs is 1. The highest BCUT2D eigenvalue weighted by Crippen LogP contribution is 2.25. The number of aromatic nitrogens is 1.